The van der Waals surface area contributed by atoms with E-state index in [0.29, 0.717) is 23.8 Å². The summed E-state index contributed by atoms with van der Waals surface area (Å²) in [7, 11) is -0.782. The molecule has 0 unspecified atom stereocenters. The van der Waals surface area contributed by atoms with Gasteiger partial charge in [0.15, 0.2) is 6.61 Å². The van der Waals surface area contributed by atoms with Gasteiger partial charge in [0.1, 0.15) is 5.75 Å². The van der Waals surface area contributed by atoms with Crippen molar-refractivity contribution in [1.82, 2.24) is 4.31 Å². The number of hydrogen-bond donors (Lipinski definition) is 1. The van der Waals surface area contributed by atoms with E-state index in [1.165, 1.54) is 32.3 Å². The molecule has 0 fully saturated rings. The lowest BCUT2D eigenvalue weighted by Crippen LogP contribution is -2.23. The van der Waals surface area contributed by atoms with Gasteiger partial charge in [-0.3, -0.25) is 4.79 Å². The monoisotopic (exact) mass is 448 g/mol. The van der Waals surface area contributed by atoms with Crippen LogP contribution in [0.2, 0.25) is 0 Å². The number of amides is 1. The smallest absolute Gasteiger partial charge is 0.338 e. The molecule has 0 aliphatic carbocycles. The quantitative estimate of drug-likeness (QED) is 0.560. The Morgan fingerprint density at radius 1 is 1.06 bits per heavy atom. The molecule has 0 heterocycles. The summed E-state index contributed by atoms with van der Waals surface area (Å²) in [5.41, 5.74) is 0.579. The summed E-state index contributed by atoms with van der Waals surface area (Å²) in [6, 6.07) is 12.3. The number of carbonyl (C=O) groups is 2. The number of rotatable bonds is 10. The van der Waals surface area contributed by atoms with Crippen LogP contribution in [0, 0.1) is 5.92 Å². The summed E-state index contributed by atoms with van der Waals surface area (Å²) in [6.07, 6.45) is 0.933. The first kappa shape index (κ1) is 24.4. The Morgan fingerprint density at radius 3 is 2.35 bits per heavy atom. The lowest BCUT2D eigenvalue weighted by atomic mass is 10.1. The zero-order valence-corrected chi connectivity index (χ0v) is 18.9. The van der Waals surface area contributed by atoms with Gasteiger partial charge >= 0.3 is 5.97 Å². The van der Waals surface area contributed by atoms with Gasteiger partial charge in [-0.1, -0.05) is 19.9 Å². The van der Waals surface area contributed by atoms with E-state index in [2.05, 4.69) is 19.2 Å². The van der Waals surface area contributed by atoms with E-state index in [4.69, 9.17) is 9.47 Å². The van der Waals surface area contributed by atoms with Crippen molar-refractivity contribution in [1.29, 1.82) is 0 Å². The van der Waals surface area contributed by atoms with Gasteiger partial charge in [-0.15, -0.1) is 0 Å². The predicted octanol–water partition coefficient (Wildman–Crippen LogP) is 3.16. The van der Waals surface area contributed by atoms with E-state index in [1.54, 1.807) is 30.3 Å². The standard InChI is InChI=1S/C22H28N2O6S/c1-16(2)12-13-29-19-10-8-17(9-11-19)22(26)30-15-21(25)23-18-6-5-7-20(14-18)31(27,28)24(3)4/h5-11,14,16H,12-13,15H2,1-4H3,(H,23,25). The molecule has 1 amide bonds. The number of carbonyl (C=O) groups excluding carboxylic acids is 2. The molecule has 2 aromatic carbocycles. The van der Waals surface area contributed by atoms with Gasteiger partial charge in [0.25, 0.3) is 5.91 Å². The van der Waals surface area contributed by atoms with Crippen molar-refractivity contribution in [2.45, 2.75) is 25.2 Å². The van der Waals surface area contributed by atoms with Crippen molar-refractivity contribution >= 4 is 27.6 Å². The maximum Gasteiger partial charge on any atom is 0.338 e. The van der Waals surface area contributed by atoms with Gasteiger partial charge in [-0.05, 0) is 54.8 Å². The van der Waals surface area contributed by atoms with Crippen molar-refractivity contribution < 1.29 is 27.5 Å². The average Bonchev–Trinajstić information content (AvgIpc) is 2.72. The van der Waals surface area contributed by atoms with Gasteiger partial charge in [0.2, 0.25) is 10.0 Å². The van der Waals surface area contributed by atoms with Gasteiger partial charge < -0.3 is 14.8 Å². The molecule has 0 saturated carbocycles. The molecular weight excluding hydrogens is 420 g/mol. The summed E-state index contributed by atoms with van der Waals surface area (Å²) in [5, 5.41) is 2.52. The van der Waals surface area contributed by atoms with Crippen LogP contribution in [0.15, 0.2) is 53.4 Å². The third kappa shape index (κ3) is 7.37. The van der Waals surface area contributed by atoms with Crippen molar-refractivity contribution in [3.8, 4) is 5.75 Å². The Morgan fingerprint density at radius 2 is 1.74 bits per heavy atom. The normalized spacial score (nSPS) is 11.4. The van der Waals surface area contributed by atoms with Crippen molar-refractivity contribution in [2.75, 3.05) is 32.6 Å². The molecule has 2 rings (SSSR count). The fourth-order valence-corrected chi connectivity index (χ4v) is 3.40. The highest BCUT2D eigenvalue weighted by atomic mass is 32.2. The molecular formula is C22H28N2O6S. The number of sulfonamides is 1. The Labute approximate surface area is 183 Å². The Balaban J connectivity index is 1.88. The van der Waals surface area contributed by atoms with E-state index in [-0.39, 0.29) is 10.6 Å². The van der Waals surface area contributed by atoms with Crippen molar-refractivity contribution in [3.05, 3.63) is 54.1 Å². The molecule has 1 N–H and O–H groups in total. The van der Waals surface area contributed by atoms with Gasteiger partial charge in [0, 0.05) is 19.8 Å². The molecule has 8 nitrogen and oxygen atoms in total. The molecule has 0 bridgehead atoms. The fourth-order valence-electron chi connectivity index (χ4n) is 2.46. The number of benzene rings is 2. The van der Waals surface area contributed by atoms with Crippen LogP contribution in [-0.2, 0) is 19.6 Å². The van der Waals surface area contributed by atoms with E-state index >= 15 is 0 Å². The minimum atomic E-state index is -3.62. The summed E-state index contributed by atoms with van der Waals surface area (Å²) in [4.78, 5) is 24.3. The van der Waals surface area contributed by atoms with Crippen LogP contribution in [0.25, 0.3) is 0 Å². The van der Waals surface area contributed by atoms with Crippen LogP contribution >= 0.6 is 0 Å². The number of hydrogen-bond acceptors (Lipinski definition) is 6. The Bertz CT molecular complexity index is 1000. The third-order valence-electron chi connectivity index (χ3n) is 4.28. The number of esters is 1. The van der Waals surface area contributed by atoms with Crippen LogP contribution in [0.1, 0.15) is 30.6 Å². The van der Waals surface area contributed by atoms with Gasteiger partial charge in [0.05, 0.1) is 17.1 Å². The second-order valence-electron chi connectivity index (χ2n) is 7.49. The summed E-state index contributed by atoms with van der Waals surface area (Å²) < 4.78 is 36.1. The zero-order valence-electron chi connectivity index (χ0n) is 18.1. The molecule has 0 aromatic heterocycles. The maximum absolute atomic E-state index is 12.2. The molecule has 0 atom stereocenters. The van der Waals surface area contributed by atoms with E-state index in [9.17, 15) is 18.0 Å². The molecule has 0 aliphatic rings. The predicted molar refractivity (Wildman–Crippen MR) is 118 cm³/mol. The zero-order chi connectivity index (χ0) is 23.0. The minimum Gasteiger partial charge on any atom is -0.494 e. The first-order valence-corrected chi connectivity index (χ1v) is 11.3. The molecule has 0 saturated heterocycles. The summed E-state index contributed by atoms with van der Waals surface area (Å²) in [5.74, 6) is -0.0306. The second kappa shape index (κ2) is 10.9. The Kier molecular flexibility index (Phi) is 8.58. The summed E-state index contributed by atoms with van der Waals surface area (Å²) >= 11 is 0. The highest BCUT2D eigenvalue weighted by Crippen LogP contribution is 2.18. The molecule has 0 spiro atoms. The highest BCUT2D eigenvalue weighted by molar-refractivity contribution is 7.89. The molecule has 0 aliphatic heterocycles. The van der Waals surface area contributed by atoms with Crippen LogP contribution in [0.3, 0.4) is 0 Å². The molecule has 2 aromatic rings. The van der Waals surface area contributed by atoms with Crippen LogP contribution in [0.4, 0.5) is 5.69 Å². The number of nitrogens with zero attached hydrogens (tertiary/aromatic N) is 1. The topological polar surface area (TPSA) is 102 Å². The highest BCUT2D eigenvalue weighted by Gasteiger charge is 2.18. The van der Waals surface area contributed by atoms with Crippen molar-refractivity contribution in [2.24, 2.45) is 5.92 Å². The maximum atomic E-state index is 12.2. The minimum absolute atomic E-state index is 0.0444. The van der Waals surface area contributed by atoms with Crippen LogP contribution in [-0.4, -0.2) is 51.9 Å². The van der Waals surface area contributed by atoms with E-state index < -0.39 is 28.5 Å². The molecule has 31 heavy (non-hydrogen) atoms. The average molecular weight is 449 g/mol. The van der Waals surface area contributed by atoms with Gasteiger partial charge in [-0.2, -0.15) is 0 Å². The lowest BCUT2D eigenvalue weighted by molar-refractivity contribution is -0.119. The molecule has 0 radical (unpaired) electrons. The second-order valence-corrected chi connectivity index (χ2v) is 9.65. The molecule has 9 heteroatoms. The SMILES string of the molecule is CC(C)CCOc1ccc(C(=O)OCC(=O)Nc2cccc(S(=O)(=O)N(C)C)c2)cc1. The third-order valence-corrected chi connectivity index (χ3v) is 6.10. The largest absolute Gasteiger partial charge is 0.494 e. The number of nitrogens with one attached hydrogen (secondary N) is 1. The Hall–Kier alpha value is -2.91. The number of ether oxygens (including phenoxy) is 2. The lowest BCUT2D eigenvalue weighted by Gasteiger charge is -2.13. The first-order chi connectivity index (χ1) is 14.6. The fraction of sp³-hybridized carbons (Fsp3) is 0.364. The summed E-state index contributed by atoms with van der Waals surface area (Å²) in [6.45, 7) is 4.32. The van der Waals surface area contributed by atoms with Crippen molar-refractivity contribution in [3.63, 3.8) is 0 Å². The first-order valence-electron chi connectivity index (χ1n) is 9.82. The number of anilines is 1. The van der Waals surface area contributed by atoms with E-state index in [0.717, 1.165) is 10.7 Å². The van der Waals surface area contributed by atoms with E-state index in [1.807, 2.05) is 0 Å². The van der Waals surface area contributed by atoms with Crippen LogP contribution in [0.5, 0.6) is 5.75 Å². The van der Waals surface area contributed by atoms with Gasteiger partial charge in [-0.25, -0.2) is 17.5 Å². The van der Waals surface area contributed by atoms with Crippen LogP contribution < -0.4 is 10.1 Å². The molecule has 168 valence electrons.